The van der Waals surface area contributed by atoms with Crippen LogP contribution in [0.3, 0.4) is 0 Å². The van der Waals surface area contributed by atoms with E-state index in [-0.39, 0.29) is 10.6 Å². The molecular weight excluding hydrogens is 454 g/mol. The highest BCUT2D eigenvalue weighted by Crippen LogP contribution is 2.33. The quantitative estimate of drug-likeness (QED) is 0.496. The summed E-state index contributed by atoms with van der Waals surface area (Å²) in [6.45, 7) is -0.838. The van der Waals surface area contributed by atoms with Crippen molar-refractivity contribution in [3.8, 4) is 28.5 Å². The minimum absolute atomic E-state index is 0.164. The number of hydrogen-bond donors (Lipinski definition) is 1. The molecule has 3 aromatic rings. The van der Waals surface area contributed by atoms with Gasteiger partial charge in [-0.15, -0.1) is 0 Å². The summed E-state index contributed by atoms with van der Waals surface area (Å²) in [7, 11) is -3.34. The fourth-order valence-electron chi connectivity index (χ4n) is 3.23. The van der Waals surface area contributed by atoms with Gasteiger partial charge in [-0.2, -0.15) is 0 Å². The molecule has 0 atom stereocenters. The number of H-pyrrole nitrogens is 1. The van der Waals surface area contributed by atoms with Crippen LogP contribution in [0.4, 0.5) is 8.78 Å². The Labute approximate surface area is 189 Å². The summed E-state index contributed by atoms with van der Waals surface area (Å²) in [6, 6.07) is 14.5. The second-order valence-corrected chi connectivity index (χ2v) is 9.42. The number of nitrogens with zero attached hydrogens (tertiary/aromatic N) is 1. The van der Waals surface area contributed by atoms with Crippen LogP contribution in [0.5, 0.6) is 17.2 Å². The molecule has 2 heterocycles. The minimum Gasteiger partial charge on any atom is -0.485 e. The van der Waals surface area contributed by atoms with Crippen molar-refractivity contribution in [2.75, 3.05) is 32.8 Å². The lowest BCUT2D eigenvalue weighted by molar-refractivity contribution is 0.133. The molecule has 0 fully saturated rings. The van der Waals surface area contributed by atoms with Crippen LogP contribution in [0.25, 0.3) is 11.3 Å². The molecule has 1 N–H and O–H groups in total. The normalized spacial score (nSPS) is 13.6. The first kappa shape index (κ1) is 22.8. The number of ether oxygens (including phenoxy) is 3. The van der Waals surface area contributed by atoms with Gasteiger partial charge in [0.25, 0.3) is 0 Å². The van der Waals surface area contributed by atoms with Crippen molar-refractivity contribution in [3.05, 3.63) is 60.3 Å². The van der Waals surface area contributed by atoms with Gasteiger partial charge in [0.1, 0.15) is 42.9 Å². The second-order valence-electron chi connectivity index (χ2n) is 7.41. The van der Waals surface area contributed by atoms with Gasteiger partial charge in [-0.1, -0.05) is 0 Å². The molecule has 0 saturated heterocycles. The number of aliphatic imine (C=N–C) groups is 1. The maximum atomic E-state index is 13.0. The average Bonchev–Trinajstić information content (AvgIpc) is 3.49. The Kier molecular flexibility index (Phi) is 6.64. The maximum absolute atomic E-state index is 13.0. The number of halogens is 2. The Morgan fingerprint density at radius 3 is 2.33 bits per heavy atom. The Hall–Kier alpha value is -3.40. The topological polar surface area (TPSA) is 90.0 Å². The summed E-state index contributed by atoms with van der Waals surface area (Å²) in [4.78, 5) is 7.65. The molecule has 0 radical (unpaired) electrons. The summed E-state index contributed by atoms with van der Waals surface area (Å²) in [5.41, 5.74) is 2.05. The van der Waals surface area contributed by atoms with Crippen LogP contribution in [0, 0.1) is 0 Å². The van der Waals surface area contributed by atoms with E-state index in [0.717, 1.165) is 6.26 Å². The van der Waals surface area contributed by atoms with E-state index in [2.05, 4.69) is 9.98 Å². The zero-order valence-corrected chi connectivity index (χ0v) is 18.6. The first-order valence-electron chi connectivity index (χ1n) is 10.1. The smallest absolute Gasteiger partial charge is 0.233 e. The highest BCUT2D eigenvalue weighted by molar-refractivity contribution is 7.90. The van der Waals surface area contributed by atoms with Crippen LogP contribution in [-0.2, 0) is 14.6 Å². The maximum Gasteiger partial charge on any atom is 0.233 e. The van der Waals surface area contributed by atoms with Crippen molar-refractivity contribution in [1.82, 2.24) is 4.98 Å². The number of aromatic nitrogens is 1. The molecule has 1 aliphatic rings. The molecule has 0 bridgehead atoms. The van der Waals surface area contributed by atoms with Gasteiger partial charge < -0.3 is 19.2 Å². The van der Waals surface area contributed by atoms with Crippen LogP contribution < -0.4 is 9.47 Å². The van der Waals surface area contributed by atoms with Gasteiger partial charge in [0.2, 0.25) is 5.90 Å². The van der Waals surface area contributed by atoms with E-state index in [1.165, 1.54) is 30.3 Å². The van der Waals surface area contributed by atoms with E-state index in [9.17, 15) is 17.2 Å². The predicted octanol–water partition coefficient (Wildman–Crippen LogP) is 4.34. The van der Waals surface area contributed by atoms with Gasteiger partial charge >= 0.3 is 0 Å². The Morgan fingerprint density at radius 1 is 1.00 bits per heavy atom. The SMILES string of the molecule is CS(=O)(=O)c1ccc(Oc2cc(OC(CF)CF)cc(-c3ccc(C4=NCCO4)[nH]3)c2)cc1. The molecule has 1 aliphatic heterocycles. The van der Waals surface area contributed by atoms with Crippen LogP contribution in [0.2, 0.25) is 0 Å². The van der Waals surface area contributed by atoms with E-state index < -0.39 is 29.3 Å². The summed E-state index contributed by atoms with van der Waals surface area (Å²) in [6.07, 6.45) is -0.114. The fraction of sp³-hybridized carbons (Fsp3) is 0.261. The molecule has 7 nitrogen and oxygen atoms in total. The molecule has 0 unspecified atom stereocenters. The molecule has 0 spiro atoms. The monoisotopic (exact) mass is 476 g/mol. The number of aromatic amines is 1. The van der Waals surface area contributed by atoms with Crippen LogP contribution in [0.15, 0.2) is 64.5 Å². The predicted molar refractivity (Wildman–Crippen MR) is 120 cm³/mol. The fourth-order valence-corrected chi connectivity index (χ4v) is 3.86. The van der Waals surface area contributed by atoms with Crippen LogP contribution in [0.1, 0.15) is 5.69 Å². The van der Waals surface area contributed by atoms with Crippen molar-refractivity contribution in [2.45, 2.75) is 11.0 Å². The molecule has 0 aliphatic carbocycles. The first-order chi connectivity index (χ1) is 15.9. The number of sulfone groups is 1. The van der Waals surface area contributed by atoms with Crippen molar-refractivity contribution >= 4 is 15.7 Å². The molecule has 4 rings (SSSR count). The lowest BCUT2D eigenvalue weighted by atomic mass is 10.1. The summed E-state index contributed by atoms with van der Waals surface area (Å²) in [5, 5.41) is 0. The number of hydrogen-bond acceptors (Lipinski definition) is 6. The molecule has 2 aromatic carbocycles. The molecule has 0 amide bonds. The highest BCUT2D eigenvalue weighted by atomic mass is 32.2. The highest BCUT2D eigenvalue weighted by Gasteiger charge is 2.16. The number of benzene rings is 2. The average molecular weight is 477 g/mol. The van der Waals surface area contributed by atoms with E-state index in [1.54, 1.807) is 12.1 Å². The van der Waals surface area contributed by atoms with Gasteiger partial charge in [-0.25, -0.2) is 22.2 Å². The standard InChI is InChI=1S/C23H22F2N2O5S/c1-33(28,29)20-4-2-16(3-5-20)31-17-10-15(11-18(12-17)32-19(13-24)14-25)21-6-7-22(27-21)23-26-8-9-30-23/h2-7,10-12,19,27H,8-9,13-14H2,1H3. The Morgan fingerprint density at radius 2 is 1.70 bits per heavy atom. The van der Waals surface area contributed by atoms with Crippen molar-refractivity contribution in [1.29, 1.82) is 0 Å². The largest absolute Gasteiger partial charge is 0.485 e. The first-order valence-corrected chi connectivity index (χ1v) is 12.0. The lowest BCUT2D eigenvalue weighted by Gasteiger charge is -2.15. The third-order valence-corrected chi connectivity index (χ3v) is 5.96. The molecule has 174 valence electrons. The third kappa shape index (κ3) is 5.51. The Bertz CT molecular complexity index is 1250. The van der Waals surface area contributed by atoms with Gasteiger partial charge in [-0.3, -0.25) is 0 Å². The second kappa shape index (κ2) is 9.62. The summed E-state index contributed by atoms with van der Waals surface area (Å²) < 4.78 is 66.2. The number of alkyl halides is 2. The molecule has 33 heavy (non-hydrogen) atoms. The third-order valence-electron chi connectivity index (χ3n) is 4.83. The van der Waals surface area contributed by atoms with Crippen molar-refractivity contribution < 1.29 is 31.4 Å². The van der Waals surface area contributed by atoms with E-state index >= 15 is 0 Å². The Balaban J connectivity index is 1.66. The summed E-state index contributed by atoms with van der Waals surface area (Å²) >= 11 is 0. The van der Waals surface area contributed by atoms with Crippen LogP contribution >= 0.6 is 0 Å². The zero-order chi connectivity index (χ0) is 23.4. The summed E-state index contributed by atoms with van der Waals surface area (Å²) in [5.74, 6) is 1.47. The molecule has 1 aromatic heterocycles. The van der Waals surface area contributed by atoms with E-state index in [4.69, 9.17) is 14.2 Å². The number of nitrogens with one attached hydrogen (secondary N) is 1. The molecule has 10 heteroatoms. The van der Waals surface area contributed by atoms with E-state index in [1.807, 2.05) is 12.1 Å². The van der Waals surface area contributed by atoms with Gasteiger partial charge in [-0.05, 0) is 48.5 Å². The zero-order valence-electron chi connectivity index (χ0n) is 17.8. The van der Waals surface area contributed by atoms with Gasteiger partial charge in [0.15, 0.2) is 15.9 Å². The molecule has 0 saturated carbocycles. The minimum atomic E-state index is -3.34. The number of rotatable bonds is 9. The van der Waals surface area contributed by atoms with Crippen molar-refractivity contribution in [3.63, 3.8) is 0 Å². The van der Waals surface area contributed by atoms with Gasteiger partial charge in [0, 0.05) is 23.6 Å². The van der Waals surface area contributed by atoms with Gasteiger partial charge in [0.05, 0.1) is 11.4 Å². The van der Waals surface area contributed by atoms with Crippen molar-refractivity contribution in [2.24, 2.45) is 4.99 Å². The lowest BCUT2D eigenvalue weighted by Crippen LogP contribution is -2.21. The van der Waals surface area contributed by atoms with Crippen LogP contribution in [-0.4, -0.2) is 58.2 Å². The molecular formula is C23H22F2N2O5S. The van der Waals surface area contributed by atoms with E-state index in [0.29, 0.717) is 47.5 Å².